The maximum Gasteiger partial charge on any atom is 0.276 e. The van der Waals surface area contributed by atoms with Gasteiger partial charge in [0.15, 0.2) is 6.61 Å². The summed E-state index contributed by atoms with van der Waals surface area (Å²) in [6.07, 6.45) is 0. The topological polar surface area (TPSA) is 111 Å². The first-order chi connectivity index (χ1) is 11.9. The van der Waals surface area contributed by atoms with E-state index in [9.17, 15) is 24.1 Å². The van der Waals surface area contributed by atoms with E-state index < -0.39 is 29.2 Å². The summed E-state index contributed by atoms with van der Waals surface area (Å²) in [6, 6.07) is 8.57. The third-order valence-corrected chi connectivity index (χ3v) is 3.19. The molecule has 0 bridgehead atoms. The first-order valence-corrected chi connectivity index (χ1v) is 7.16. The molecule has 0 unspecified atom stereocenters. The van der Waals surface area contributed by atoms with E-state index in [1.807, 2.05) is 0 Å². The second kappa shape index (κ2) is 8.06. The third-order valence-electron chi connectivity index (χ3n) is 2.90. The summed E-state index contributed by atoms with van der Waals surface area (Å²) in [5, 5.41) is 10.5. The number of benzene rings is 2. The van der Waals surface area contributed by atoms with Gasteiger partial charge in [-0.3, -0.25) is 30.6 Å². The Morgan fingerprint density at radius 2 is 1.96 bits per heavy atom. The van der Waals surface area contributed by atoms with Gasteiger partial charge < -0.3 is 4.74 Å². The molecule has 2 N–H and O–H groups in total. The van der Waals surface area contributed by atoms with E-state index in [4.69, 9.17) is 16.3 Å². The Hall–Kier alpha value is -3.20. The second-order valence-corrected chi connectivity index (χ2v) is 5.08. The lowest BCUT2D eigenvalue weighted by Crippen LogP contribution is -2.43. The first kappa shape index (κ1) is 18.1. The number of carbonyl (C=O) groups excluding carboxylic acids is 2. The molecule has 0 saturated carbocycles. The van der Waals surface area contributed by atoms with E-state index in [1.165, 1.54) is 30.3 Å². The van der Waals surface area contributed by atoms with Crippen molar-refractivity contribution >= 4 is 29.1 Å². The zero-order valence-electron chi connectivity index (χ0n) is 12.5. The van der Waals surface area contributed by atoms with Crippen LogP contribution in [-0.2, 0) is 4.79 Å². The van der Waals surface area contributed by atoms with Gasteiger partial charge in [-0.25, -0.2) is 4.39 Å². The molecule has 10 heteroatoms. The van der Waals surface area contributed by atoms with E-state index in [-0.39, 0.29) is 22.0 Å². The molecule has 0 fully saturated rings. The molecule has 0 aliphatic carbocycles. The fourth-order valence-electron chi connectivity index (χ4n) is 1.71. The summed E-state index contributed by atoms with van der Waals surface area (Å²) >= 11 is 5.57. The smallest absolute Gasteiger partial charge is 0.276 e. The van der Waals surface area contributed by atoms with Crippen LogP contribution < -0.4 is 15.6 Å². The van der Waals surface area contributed by atoms with Crippen LogP contribution in [-0.4, -0.2) is 23.3 Å². The zero-order valence-corrected chi connectivity index (χ0v) is 13.2. The van der Waals surface area contributed by atoms with Crippen LogP contribution in [0.15, 0.2) is 42.5 Å². The quantitative estimate of drug-likeness (QED) is 0.622. The molecule has 130 valence electrons. The Morgan fingerprint density at radius 3 is 2.64 bits per heavy atom. The average molecular weight is 368 g/mol. The Labute approximate surface area is 145 Å². The number of nitro groups is 1. The third kappa shape index (κ3) is 5.15. The highest BCUT2D eigenvalue weighted by Crippen LogP contribution is 2.20. The van der Waals surface area contributed by atoms with Crippen LogP contribution in [0.3, 0.4) is 0 Å². The van der Waals surface area contributed by atoms with Gasteiger partial charge in [0.25, 0.3) is 17.5 Å². The largest absolute Gasteiger partial charge is 0.484 e. The van der Waals surface area contributed by atoms with Crippen LogP contribution in [0.4, 0.5) is 10.1 Å². The number of non-ortho nitro benzene ring substituents is 1. The monoisotopic (exact) mass is 367 g/mol. The van der Waals surface area contributed by atoms with Crippen molar-refractivity contribution in [2.24, 2.45) is 0 Å². The number of amides is 2. The molecule has 0 heterocycles. The molecule has 8 nitrogen and oxygen atoms in total. The van der Waals surface area contributed by atoms with Gasteiger partial charge in [-0.15, -0.1) is 0 Å². The molecule has 0 saturated heterocycles. The number of ether oxygens (including phenoxy) is 1. The van der Waals surface area contributed by atoms with Gasteiger partial charge in [-0.2, -0.15) is 0 Å². The fourth-order valence-corrected chi connectivity index (χ4v) is 1.88. The van der Waals surface area contributed by atoms with Crippen LogP contribution in [0.1, 0.15) is 10.4 Å². The zero-order chi connectivity index (χ0) is 18.4. The number of hydrazine groups is 1. The van der Waals surface area contributed by atoms with Crippen molar-refractivity contribution in [2.75, 3.05) is 6.61 Å². The second-order valence-electron chi connectivity index (χ2n) is 4.67. The number of hydrogen-bond donors (Lipinski definition) is 2. The molecule has 0 aliphatic rings. The fraction of sp³-hybridized carbons (Fsp3) is 0.0667. The van der Waals surface area contributed by atoms with Gasteiger partial charge in [0.1, 0.15) is 11.6 Å². The summed E-state index contributed by atoms with van der Waals surface area (Å²) in [5.41, 5.74) is 3.93. The molecule has 2 aromatic carbocycles. The van der Waals surface area contributed by atoms with Crippen molar-refractivity contribution in [3.8, 4) is 5.75 Å². The van der Waals surface area contributed by atoms with Crippen molar-refractivity contribution in [1.29, 1.82) is 0 Å². The number of hydrogen-bond acceptors (Lipinski definition) is 5. The highest BCUT2D eigenvalue weighted by atomic mass is 35.5. The molecule has 0 aromatic heterocycles. The van der Waals surface area contributed by atoms with Gasteiger partial charge in [0.2, 0.25) is 0 Å². The minimum Gasteiger partial charge on any atom is -0.484 e. The van der Waals surface area contributed by atoms with E-state index in [0.717, 1.165) is 12.1 Å². The molecular formula is C15H11ClFN3O5. The molecule has 2 amide bonds. The molecule has 2 rings (SSSR count). The van der Waals surface area contributed by atoms with E-state index in [0.29, 0.717) is 0 Å². The van der Waals surface area contributed by atoms with Crippen molar-refractivity contribution < 1.29 is 23.6 Å². The van der Waals surface area contributed by atoms with E-state index in [1.54, 1.807) is 0 Å². The normalized spacial score (nSPS) is 10.0. The SMILES string of the molecule is O=C(COc1ccc(F)c(Cl)c1)NNC(=O)c1cccc([N+](=O)[O-])c1. The van der Waals surface area contributed by atoms with Crippen molar-refractivity contribution in [1.82, 2.24) is 10.9 Å². The Balaban J connectivity index is 1.85. The van der Waals surface area contributed by atoms with E-state index in [2.05, 4.69) is 10.9 Å². The number of nitrogens with one attached hydrogen (secondary N) is 2. The molecular weight excluding hydrogens is 357 g/mol. The lowest BCUT2D eigenvalue weighted by molar-refractivity contribution is -0.384. The predicted molar refractivity (Wildman–Crippen MR) is 85.6 cm³/mol. The molecule has 2 aromatic rings. The summed E-state index contributed by atoms with van der Waals surface area (Å²) in [4.78, 5) is 33.5. The summed E-state index contributed by atoms with van der Waals surface area (Å²) < 4.78 is 18.1. The number of nitro benzene ring substituents is 1. The lowest BCUT2D eigenvalue weighted by atomic mass is 10.2. The molecule has 25 heavy (non-hydrogen) atoms. The van der Waals surface area contributed by atoms with Crippen molar-refractivity contribution in [2.45, 2.75) is 0 Å². The first-order valence-electron chi connectivity index (χ1n) is 6.78. The van der Waals surface area contributed by atoms with Crippen LogP contribution >= 0.6 is 11.6 Å². The Kier molecular flexibility index (Phi) is 5.85. The van der Waals surface area contributed by atoms with Gasteiger partial charge in [0.05, 0.1) is 9.95 Å². The van der Waals surface area contributed by atoms with Gasteiger partial charge in [0, 0.05) is 23.8 Å². The van der Waals surface area contributed by atoms with Gasteiger partial charge in [-0.1, -0.05) is 17.7 Å². The minimum absolute atomic E-state index is 0.000680. The number of halogens is 2. The highest BCUT2D eigenvalue weighted by molar-refractivity contribution is 6.30. The minimum atomic E-state index is -0.734. The van der Waals surface area contributed by atoms with Crippen LogP contribution in [0.2, 0.25) is 5.02 Å². The number of rotatable bonds is 5. The molecule has 0 atom stereocenters. The Bertz CT molecular complexity index is 831. The predicted octanol–water partition coefficient (Wildman–Crippen LogP) is 2.23. The van der Waals surface area contributed by atoms with Crippen molar-refractivity contribution in [3.05, 3.63) is 69.0 Å². The van der Waals surface area contributed by atoms with Gasteiger partial charge in [-0.05, 0) is 18.2 Å². The van der Waals surface area contributed by atoms with Crippen LogP contribution in [0, 0.1) is 15.9 Å². The van der Waals surface area contributed by atoms with E-state index >= 15 is 0 Å². The van der Waals surface area contributed by atoms with Crippen molar-refractivity contribution in [3.63, 3.8) is 0 Å². The lowest BCUT2D eigenvalue weighted by Gasteiger charge is -2.09. The number of carbonyl (C=O) groups is 2. The molecule has 0 radical (unpaired) electrons. The maximum atomic E-state index is 13.0. The highest BCUT2D eigenvalue weighted by Gasteiger charge is 2.12. The molecule has 0 spiro atoms. The summed E-state index contributed by atoms with van der Waals surface area (Å²) in [7, 11) is 0. The van der Waals surface area contributed by atoms with Crippen LogP contribution in [0.25, 0.3) is 0 Å². The van der Waals surface area contributed by atoms with Crippen LogP contribution in [0.5, 0.6) is 5.75 Å². The summed E-state index contributed by atoms with van der Waals surface area (Å²) in [6.45, 7) is -0.461. The maximum absolute atomic E-state index is 13.0. The number of nitrogens with zero attached hydrogens (tertiary/aromatic N) is 1. The average Bonchev–Trinajstić information content (AvgIpc) is 2.60. The molecule has 0 aliphatic heterocycles. The Morgan fingerprint density at radius 1 is 1.20 bits per heavy atom. The summed E-state index contributed by atoms with van der Waals surface area (Å²) in [5.74, 6) is -1.88. The van der Waals surface area contributed by atoms with Gasteiger partial charge >= 0.3 is 0 Å². The standard InChI is InChI=1S/C15H11ClFN3O5/c16-12-7-11(4-5-13(12)17)25-8-14(21)18-19-15(22)9-2-1-3-10(6-9)20(23)24/h1-7H,8H2,(H,18,21)(H,19,22).